The number of hydrogen-bond donors (Lipinski definition) is 2. The maximum atomic E-state index is 7.22. The maximum Gasteiger partial charge on any atom is 0.145 e. The number of nitrogens with zero attached hydrogens (tertiary/aromatic N) is 5. The van der Waals surface area contributed by atoms with Crippen molar-refractivity contribution in [2.24, 2.45) is 0 Å². The molecule has 8 bridgehead atoms. The van der Waals surface area contributed by atoms with Gasteiger partial charge in [-0.15, -0.1) is 0 Å². The number of fused-ring (bicyclic) bond motifs is 8. The lowest BCUT2D eigenvalue weighted by Gasteiger charge is -2.30. The number of nitrogens with one attached hydrogen (secondary N) is 2. The fourth-order valence-electron chi connectivity index (χ4n) is 14.5. The number of hydrogen-bond acceptors (Lipinski definition) is 6. The molecule has 0 amide bonds. The number of aromatic amines is 2. The SMILES string of the molecule is CCCCCCCCCCOc1ccc(-c2c3nc(c(-c4ccc(Oc5c(C[N+](C)(C)C)cc(C[N+](C)(C)C)cc5C[N+](C)(C)C)cc4)c4nc(c(-c5ccc(OCCCCCCCCCC)cc5)c5ccc([nH]5)c(-c5ccc(OCCCCCCCCCC)cc5)c5ccc2[nH]5)C=C4)C=C3)cc1. The van der Waals surface area contributed by atoms with E-state index in [0.29, 0.717) is 19.8 Å². The van der Waals surface area contributed by atoms with E-state index in [4.69, 9.17) is 28.9 Å². The van der Waals surface area contributed by atoms with E-state index in [1.54, 1.807) is 0 Å². The summed E-state index contributed by atoms with van der Waals surface area (Å²) in [6.07, 6.45) is 38.9. The summed E-state index contributed by atoms with van der Waals surface area (Å²) in [5.74, 6) is 4.33. The number of H-pyrrole nitrogens is 2. The van der Waals surface area contributed by atoms with Crippen LogP contribution in [-0.2, 0) is 19.6 Å². The van der Waals surface area contributed by atoms with Crippen molar-refractivity contribution in [3.63, 3.8) is 0 Å². The summed E-state index contributed by atoms with van der Waals surface area (Å²) in [7, 11) is 20.3. The summed E-state index contributed by atoms with van der Waals surface area (Å²) in [4.78, 5) is 19.4. The second kappa shape index (κ2) is 38.0. The molecular weight excluding hydrogens is 1270 g/mol. The van der Waals surface area contributed by atoms with Crippen molar-refractivity contribution in [3.05, 3.63) is 173 Å². The van der Waals surface area contributed by atoms with E-state index in [1.807, 2.05) is 0 Å². The first kappa shape index (κ1) is 77.4. The summed E-state index contributed by atoms with van der Waals surface area (Å²) in [5, 5.41) is 0. The summed E-state index contributed by atoms with van der Waals surface area (Å²) in [6, 6.07) is 48.2. The molecule has 0 radical (unpaired) electrons. The normalized spacial score (nSPS) is 12.4. The van der Waals surface area contributed by atoms with Gasteiger partial charge in [-0.3, -0.25) is 0 Å². The molecule has 11 heteroatoms. The molecule has 11 nitrogen and oxygen atoms in total. The maximum absolute atomic E-state index is 7.22. The average molecular weight is 1390 g/mol. The zero-order chi connectivity index (χ0) is 72.6. The molecule has 0 spiro atoms. The molecule has 0 unspecified atom stereocenters. The summed E-state index contributed by atoms with van der Waals surface area (Å²) in [5.41, 5.74) is 18.9. The van der Waals surface area contributed by atoms with Crippen molar-refractivity contribution in [2.75, 3.05) is 83.2 Å². The minimum absolute atomic E-state index is 0.701. The summed E-state index contributed by atoms with van der Waals surface area (Å²) in [6.45, 7) is 11.5. The monoisotopic (exact) mass is 1390 g/mol. The van der Waals surface area contributed by atoms with E-state index in [1.165, 1.54) is 152 Å². The molecule has 5 aromatic carbocycles. The third kappa shape index (κ3) is 23.4. The minimum atomic E-state index is 0.701. The van der Waals surface area contributed by atoms with Gasteiger partial charge in [0.2, 0.25) is 0 Å². The Morgan fingerprint density at radius 3 is 0.883 bits per heavy atom. The van der Waals surface area contributed by atoms with Gasteiger partial charge in [-0.2, -0.15) is 0 Å². The van der Waals surface area contributed by atoms with Crippen molar-refractivity contribution >= 4 is 46.4 Å². The highest BCUT2D eigenvalue weighted by molar-refractivity contribution is 6.00. The van der Waals surface area contributed by atoms with Gasteiger partial charge < -0.3 is 42.4 Å². The van der Waals surface area contributed by atoms with Crippen LogP contribution in [0.2, 0.25) is 0 Å². The molecule has 548 valence electrons. The van der Waals surface area contributed by atoms with E-state index in [0.717, 1.165) is 170 Å². The number of aromatic nitrogens is 4. The largest absolute Gasteiger partial charge is 0.494 e. The highest BCUT2D eigenvalue weighted by atomic mass is 16.5. The molecule has 2 aliphatic heterocycles. The Balaban J connectivity index is 1.10. The van der Waals surface area contributed by atoms with E-state index in [2.05, 4.69) is 252 Å². The first-order valence-electron chi connectivity index (χ1n) is 39.5. The molecule has 0 atom stereocenters. The lowest BCUT2D eigenvalue weighted by molar-refractivity contribution is -0.885. The Bertz CT molecular complexity index is 3990. The lowest BCUT2D eigenvalue weighted by atomic mass is 10.0. The van der Waals surface area contributed by atoms with Gasteiger partial charge in [-0.25, -0.2) is 9.97 Å². The quantitative estimate of drug-likeness (QED) is 0.0292. The fourth-order valence-corrected chi connectivity index (χ4v) is 14.5. The van der Waals surface area contributed by atoms with Crippen molar-refractivity contribution in [3.8, 4) is 73.3 Å². The lowest BCUT2D eigenvalue weighted by Crippen LogP contribution is -2.36. The second-order valence-corrected chi connectivity index (χ2v) is 32.3. The van der Waals surface area contributed by atoms with Crippen LogP contribution in [0.15, 0.2) is 133 Å². The highest BCUT2D eigenvalue weighted by Crippen LogP contribution is 2.42. The van der Waals surface area contributed by atoms with Crippen LogP contribution in [0, 0.1) is 0 Å². The van der Waals surface area contributed by atoms with Crippen LogP contribution in [0.4, 0.5) is 0 Å². The van der Waals surface area contributed by atoms with Crippen LogP contribution in [0.3, 0.4) is 0 Å². The minimum Gasteiger partial charge on any atom is -0.494 e. The zero-order valence-corrected chi connectivity index (χ0v) is 65.1. The van der Waals surface area contributed by atoms with Gasteiger partial charge in [0, 0.05) is 61.0 Å². The fraction of sp³-hybridized carbons (Fsp3) is 0.457. The molecule has 10 rings (SSSR count). The van der Waals surface area contributed by atoms with Crippen molar-refractivity contribution in [1.82, 2.24) is 19.9 Å². The Morgan fingerprint density at radius 1 is 0.291 bits per heavy atom. The average Bonchev–Trinajstić information content (AvgIpc) is 1.61. The molecule has 8 aromatic rings. The van der Waals surface area contributed by atoms with Crippen molar-refractivity contribution in [1.29, 1.82) is 0 Å². The van der Waals surface area contributed by atoms with Gasteiger partial charge in [0.05, 0.1) is 106 Å². The van der Waals surface area contributed by atoms with Gasteiger partial charge in [-0.1, -0.05) is 204 Å². The third-order valence-corrected chi connectivity index (χ3v) is 19.6. The predicted molar refractivity (Wildman–Crippen MR) is 437 cm³/mol. The Morgan fingerprint density at radius 2 is 0.563 bits per heavy atom. The molecule has 2 N–H and O–H groups in total. The number of quaternary nitrogens is 3. The second-order valence-electron chi connectivity index (χ2n) is 32.3. The predicted octanol–water partition coefficient (Wildman–Crippen LogP) is 24.3. The van der Waals surface area contributed by atoms with Gasteiger partial charge in [0.15, 0.2) is 0 Å². The van der Waals surface area contributed by atoms with E-state index in [9.17, 15) is 0 Å². The van der Waals surface area contributed by atoms with Crippen LogP contribution in [0.1, 0.15) is 214 Å². The van der Waals surface area contributed by atoms with Gasteiger partial charge in [-0.05, 0) is 151 Å². The van der Waals surface area contributed by atoms with Crippen LogP contribution in [-0.4, -0.2) is 117 Å². The van der Waals surface area contributed by atoms with Crippen molar-refractivity contribution in [2.45, 2.75) is 195 Å². The Kier molecular flexibility index (Phi) is 28.5. The number of ether oxygens (including phenoxy) is 4. The van der Waals surface area contributed by atoms with Crippen LogP contribution >= 0.6 is 0 Å². The third-order valence-electron chi connectivity index (χ3n) is 19.6. The van der Waals surface area contributed by atoms with E-state index < -0.39 is 0 Å². The number of benzene rings is 5. The summed E-state index contributed by atoms with van der Waals surface area (Å²) < 4.78 is 28.9. The Hall–Kier alpha value is -8.22. The van der Waals surface area contributed by atoms with Crippen LogP contribution in [0.5, 0.6) is 28.7 Å². The van der Waals surface area contributed by atoms with Crippen molar-refractivity contribution < 1.29 is 32.4 Å². The van der Waals surface area contributed by atoms with Gasteiger partial charge in [0.25, 0.3) is 0 Å². The molecule has 0 fully saturated rings. The van der Waals surface area contributed by atoms with Crippen LogP contribution in [0.25, 0.3) is 90.9 Å². The highest BCUT2D eigenvalue weighted by Gasteiger charge is 2.26. The zero-order valence-electron chi connectivity index (χ0n) is 65.1. The summed E-state index contributed by atoms with van der Waals surface area (Å²) >= 11 is 0. The molecule has 103 heavy (non-hydrogen) atoms. The van der Waals surface area contributed by atoms with Crippen LogP contribution < -0.4 is 18.9 Å². The standard InChI is InChI=1S/C92H124N7O4/c1-13-16-19-22-25-28-31-34-61-100-76-45-37-70(38-46-76)88-80-53-55-82(93-80)89(71-39-47-77(48-40-71)101-62-35-32-29-26-23-20-17-14-2)84-57-59-86(95-84)91(73-43-51-79(52-44-73)103-92-74(67-98(7,8)9)64-69(66-97(4,5)6)65-75(92)68-99(10,11)12)87-60-58-85(96-87)90(83-56-54-81(88)94-83)72-41-49-78(50-42-72)102-63-36-33-30-27-24-21-18-15-3/h37-60,64-65,93-94H,13-36,61-63,66-68H2,1-12H3/q+3. The molecule has 0 saturated heterocycles. The molecule has 0 saturated carbocycles. The smallest absolute Gasteiger partial charge is 0.145 e. The molecule has 3 aromatic heterocycles. The molecule has 0 aliphatic carbocycles. The molecule has 5 heterocycles. The Labute approximate surface area is 619 Å². The topological polar surface area (TPSA) is 94.3 Å². The first-order chi connectivity index (χ1) is 49.8. The number of unbranched alkanes of at least 4 members (excludes halogenated alkanes) is 21. The van der Waals surface area contributed by atoms with E-state index in [-0.39, 0.29) is 0 Å². The first-order valence-corrected chi connectivity index (χ1v) is 39.5. The van der Waals surface area contributed by atoms with E-state index >= 15 is 0 Å². The number of rotatable bonds is 42. The van der Waals surface area contributed by atoms with Gasteiger partial charge in [0.1, 0.15) is 48.4 Å². The molecule has 2 aliphatic rings. The van der Waals surface area contributed by atoms with Gasteiger partial charge >= 0.3 is 0 Å². The molecular formula is C92H124N7O4+3.